The predicted octanol–water partition coefficient (Wildman–Crippen LogP) is 13.0. The second-order valence-corrected chi connectivity index (χ2v) is 17.3. The zero-order valence-corrected chi connectivity index (χ0v) is 38.0. The van der Waals surface area contributed by atoms with Gasteiger partial charge in [-0.2, -0.15) is 0 Å². The third-order valence-corrected chi connectivity index (χ3v) is 13.2. The maximum absolute atomic E-state index is 5.25. The lowest BCUT2D eigenvalue weighted by molar-refractivity contribution is 1.08. The molecule has 0 unspecified atom stereocenters. The van der Waals surface area contributed by atoms with Crippen LogP contribution in [-0.2, 0) is 0 Å². The van der Waals surface area contributed by atoms with Crippen LogP contribution in [0, 0.1) is 0 Å². The number of nitrogens with zero attached hydrogens (tertiary/aromatic N) is 12. The molecule has 14 aromatic rings. The minimum atomic E-state index is 0.498. The number of aromatic nitrogens is 12. The highest BCUT2D eigenvalue weighted by Gasteiger charge is 2.22. The van der Waals surface area contributed by atoms with Crippen molar-refractivity contribution in [3.8, 4) is 90.6 Å². The van der Waals surface area contributed by atoms with Crippen molar-refractivity contribution in [1.29, 1.82) is 0 Å². The second kappa shape index (κ2) is 16.8. The average molecular weight is 923 g/mol. The summed E-state index contributed by atoms with van der Waals surface area (Å²) in [6, 6.07) is 53.5. The van der Waals surface area contributed by atoms with E-state index in [4.69, 9.17) is 39.9 Å². The monoisotopic (exact) mass is 922 g/mol. The molecule has 0 saturated heterocycles. The first-order valence-corrected chi connectivity index (χ1v) is 23.3. The first-order valence-electron chi connectivity index (χ1n) is 23.3. The molecule has 0 atom stereocenters. The summed E-state index contributed by atoms with van der Waals surface area (Å²) in [5.41, 5.74) is 12.1. The molecule has 12 nitrogen and oxygen atoms in total. The van der Waals surface area contributed by atoms with Gasteiger partial charge in [0.25, 0.3) is 0 Å². The van der Waals surface area contributed by atoms with Gasteiger partial charge in [-0.15, -0.1) is 0 Å². The topological polar surface area (TPSA) is 155 Å². The smallest absolute Gasteiger partial charge is 0.166 e. The van der Waals surface area contributed by atoms with Crippen molar-refractivity contribution < 1.29 is 0 Å². The van der Waals surface area contributed by atoms with E-state index in [1.165, 1.54) is 0 Å². The summed E-state index contributed by atoms with van der Waals surface area (Å²) in [6.07, 6.45) is 14.0. The van der Waals surface area contributed by atoms with Crippen molar-refractivity contribution in [2.75, 3.05) is 0 Å². The standard InChI is InChI=1S/C60H34N12/c1-3-47(53-49(5-1)63-31-33-65-53)59-69-55(41-11-7-35(8-12-41)37-23-27-61-28-24-37)67-57(71-59)45-21-17-39-16-20-44-46(22-18-40-15-19-43(45)51(39)52(40)44)58-68-56(42-13-9-36(10-14-42)38-25-29-62-30-26-38)70-60(72-58)48-4-2-6-50-54(48)66-34-32-64-50/h1-34H. The van der Waals surface area contributed by atoms with Crippen molar-refractivity contribution in [1.82, 2.24) is 59.8 Å². The number of hydrogen-bond donors (Lipinski definition) is 0. The highest BCUT2D eigenvalue weighted by atomic mass is 15.0. The van der Waals surface area contributed by atoms with E-state index in [1.54, 1.807) is 49.6 Å². The van der Waals surface area contributed by atoms with E-state index in [0.29, 0.717) is 46.0 Å². The van der Waals surface area contributed by atoms with E-state index < -0.39 is 0 Å². The van der Waals surface area contributed by atoms with Gasteiger partial charge >= 0.3 is 0 Å². The highest BCUT2D eigenvalue weighted by molar-refractivity contribution is 6.27. The summed E-state index contributed by atoms with van der Waals surface area (Å²) >= 11 is 0. The van der Waals surface area contributed by atoms with Gasteiger partial charge < -0.3 is 0 Å². The Morgan fingerprint density at radius 3 is 1.01 bits per heavy atom. The zero-order chi connectivity index (χ0) is 47.5. The summed E-state index contributed by atoms with van der Waals surface area (Å²) in [5.74, 6) is 3.14. The van der Waals surface area contributed by atoms with Crippen LogP contribution in [0.4, 0.5) is 0 Å². The molecule has 72 heavy (non-hydrogen) atoms. The Bertz CT molecular complexity index is 4090. The molecule has 8 aromatic carbocycles. The Morgan fingerprint density at radius 2 is 0.583 bits per heavy atom. The van der Waals surface area contributed by atoms with E-state index in [-0.39, 0.29) is 0 Å². The van der Waals surface area contributed by atoms with Gasteiger partial charge in [0.05, 0.1) is 22.1 Å². The lowest BCUT2D eigenvalue weighted by Gasteiger charge is -2.17. The van der Waals surface area contributed by atoms with Crippen LogP contribution < -0.4 is 0 Å². The molecule has 334 valence electrons. The average Bonchev–Trinajstić information content (AvgIpc) is 3.46. The summed E-state index contributed by atoms with van der Waals surface area (Å²) in [6.45, 7) is 0. The molecular weight excluding hydrogens is 889 g/mol. The summed E-state index contributed by atoms with van der Waals surface area (Å²) in [7, 11) is 0. The maximum Gasteiger partial charge on any atom is 0.166 e. The molecule has 0 saturated carbocycles. The normalized spacial score (nSPS) is 11.6. The Balaban J connectivity index is 0.952. The number of pyridine rings is 2. The second-order valence-electron chi connectivity index (χ2n) is 17.3. The quantitative estimate of drug-likeness (QED) is 0.133. The molecule has 14 rings (SSSR count). The molecule has 6 heterocycles. The molecule has 0 spiro atoms. The molecule has 0 N–H and O–H groups in total. The Hall–Kier alpha value is -10.2. The fraction of sp³-hybridized carbons (Fsp3) is 0. The van der Waals surface area contributed by atoms with Crippen LogP contribution in [0.5, 0.6) is 0 Å². The van der Waals surface area contributed by atoms with Gasteiger partial charge in [0, 0.05) is 83.0 Å². The van der Waals surface area contributed by atoms with Crippen molar-refractivity contribution >= 4 is 54.4 Å². The van der Waals surface area contributed by atoms with Crippen molar-refractivity contribution in [3.05, 3.63) is 207 Å². The van der Waals surface area contributed by atoms with Crippen molar-refractivity contribution in [3.63, 3.8) is 0 Å². The molecule has 6 aromatic heterocycles. The van der Waals surface area contributed by atoms with Gasteiger partial charge in [0.1, 0.15) is 0 Å². The van der Waals surface area contributed by atoms with Gasteiger partial charge in [0.2, 0.25) is 0 Å². The fourth-order valence-corrected chi connectivity index (χ4v) is 9.74. The third-order valence-electron chi connectivity index (χ3n) is 13.2. The van der Waals surface area contributed by atoms with Crippen molar-refractivity contribution in [2.24, 2.45) is 0 Å². The predicted molar refractivity (Wildman–Crippen MR) is 282 cm³/mol. The van der Waals surface area contributed by atoms with E-state index in [1.807, 2.05) is 60.7 Å². The van der Waals surface area contributed by atoms with E-state index in [2.05, 4.69) is 117 Å². The van der Waals surface area contributed by atoms with Crippen LogP contribution >= 0.6 is 0 Å². The third kappa shape index (κ3) is 7.01. The molecule has 0 radical (unpaired) electrons. The molecule has 12 heteroatoms. The Kier molecular flexibility index (Phi) is 9.52. The number of benzene rings is 8. The number of hydrogen-bond acceptors (Lipinski definition) is 12. The highest BCUT2D eigenvalue weighted by Crippen LogP contribution is 2.43. The number of fused-ring (bicyclic) bond motifs is 2. The molecule has 0 amide bonds. The first kappa shape index (κ1) is 40.8. The maximum atomic E-state index is 5.25. The Morgan fingerprint density at radius 1 is 0.236 bits per heavy atom. The Labute approximate surface area is 410 Å². The van der Waals surface area contributed by atoms with E-state index >= 15 is 0 Å². The van der Waals surface area contributed by atoms with Gasteiger partial charge in [-0.3, -0.25) is 29.9 Å². The summed E-state index contributed by atoms with van der Waals surface area (Å²) in [4.78, 5) is 58.3. The van der Waals surface area contributed by atoms with Gasteiger partial charge in [-0.1, -0.05) is 97.1 Å². The summed E-state index contributed by atoms with van der Waals surface area (Å²) < 4.78 is 0. The van der Waals surface area contributed by atoms with Crippen LogP contribution in [0.15, 0.2) is 207 Å². The lowest BCUT2D eigenvalue weighted by Crippen LogP contribution is -2.02. The largest absolute Gasteiger partial charge is 0.265 e. The van der Waals surface area contributed by atoms with Crippen LogP contribution in [-0.4, -0.2) is 59.8 Å². The van der Waals surface area contributed by atoms with Gasteiger partial charge in [-0.25, -0.2) is 29.9 Å². The zero-order valence-electron chi connectivity index (χ0n) is 38.0. The molecule has 0 fully saturated rings. The molecule has 0 aliphatic carbocycles. The van der Waals surface area contributed by atoms with Gasteiger partial charge in [-0.05, 0) is 115 Å². The lowest BCUT2D eigenvalue weighted by atomic mass is 9.89. The van der Waals surface area contributed by atoms with E-state index in [9.17, 15) is 0 Å². The minimum Gasteiger partial charge on any atom is -0.265 e. The van der Waals surface area contributed by atoms with Crippen LogP contribution in [0.2, 0.25) is 0 Å². The molecule has 0 aliphatic heterocycles. The van der Waals surface area contributed by atoms with Crippen molar-refractivity contribution in [2.45, 2.75) is 0 Å². The fourth-order valence-electron chi connectivity index (χ4n) is 9.74. The summed E-state index contributed by atoms with van der Waals surface area (Å²) in [5, 5.41) is 6.31. The van der Waals surface area contributed by atoms with Gasteiger partial charge in [0.15, 0.2) is 34.9 Å². The van der Waals surface area contributed by atoms with E-state index in [0.717, 1.165) is 99.0 Å². The first-order chi connectivity index (χ1) is 35.7. The molecule has 0 bridgehead atoms. The molecular formula is C60H34N12. The van der Waals surface area contributed by atoms with Crippen LogP contribution in [0.1, 0.15) is 0 Å². The SMILES string of the molecule is c1cc(-c2nc(-c3ccc(-c4ccncc4)cc3)nc(-c3ccc4ccc5c(-c6nc(-c7ccc(-c8ccncc8)cc7)nc(-c7cccc8nccnc78)n6)ccc6ccc3c4c65)n2)c2nccnc2c1. The number of rotatable bonds is 8. The minimum absolute atomic E-state index is 0.498. The number of para-hydroxylation sites is 2. The van der Waals surface area contributed by atoms with Crippen LogP contribution in [0.25, 0.3) is 145 Å². The van der Waals surface area contributed by atoms with Crippen LogP contribution in [0.3, 0.4) is 0 Å². The molecule has 0 aliphatic rings.